The number of hydrogen-bond donors (Lipinski definition) is 0. The van der Waals surface area contributed by atoms with Crippen LogP contribution in [-0.2, 0) is 0 Å². The summed E-state index contributed by atoms with van der Waals surface area (Å²) in [5.41, 5.74) is -0.340. The molecule has 0 unspecified atom stereocenters. The molecular weight excluding hydrogens is 206 g/mol. The molecule has 0 atom stereocenters. The van der Waals surface area contributed by atoms with Gasteiger partial charge in [-0.3, -0.25) is 10.1 Å². The SMILES string of the molecule is O=[N+]([O-])c1cccc2c(F)nc(F)cc12. The fourth-order valence-electron chi connectivity index (χ4n) is 1.35. The quantitative estimate of drug-likeness (QED) is 0.412. The van der Waals surface area contributed by atoms with Gasteiger partial charge in [-0.05, 0) is 6.07 Å². The number of rotatable bonds is 1. The summed E-state index contributed by atoms with van der Waals surface area (Å²) in [4.78, 5) is 12.8. The molecule has 1 heterocycles. The first-order valence-corrected chi connectivity index (χ1v) is 3.99. The van der Waals surface area contributed by atoms with Crippen molar-refractivity contribution in [2.24, 2.45) is 0 Å². The molecular formula is C9H4F2N2O2. The molecule has 0 aliphatic carbocycles. The van der Waals surface area contributed by atoms with Crippen LogP contribution in [-0.4, -0.2) is 9.91 Å². The molecule has 0 saturated heterocycles. The van der Waals surface area contributed by atoms with Crippen LogP contribution in [0.15, 0.2) is 24.3 Å². The number of halogens is 2. The molecule has 1 aromatic heterocycles. The molecule has 1 aromatic carbocycles. The van der Waals surface area contributed by atoms with Crippen LogP contribution in [0.25, 0.3) is 10.8 Å². The van der Waals surface area contributed by atoms with Crippen molar-refractivity contribution in [1.29, 1.82) is 0 Å². The van der Waals surface area contributed by atoms with Crippen molar-refractivity contribution in [1.82, 2.24) is 4.98 Å². The summed E-state index contributed by atoms with van der Waals surface area (Å²) in [6.45, 7) is 0. The lowest BCUT2D eigenvalue weighted by molar-refractivity contribution is -0.383. The van der Waals surface area contributed by atoms with Gasteiger partial charge >= 0.3 is 0 Å². The minimum Gasteiger partial charge on any atom is -0.258 e. The second-order valence-electron chi connectivity index (χ2n) is 2.87. The molecule has 0 radical (unpaired) electrons. The van der Waals surface area contributed by atoms with E-state index in [0.29, 0.717) is 0 Å². The van der Waals surface area contributed by atoms with Gasteiger partial charge in [-0.15, -0.1) is 0 Å². The summed E-state index contributed by atoms with van der Waals surface area (Å²) >= 11 is 0. The highest BCUT2D eigenvalue weighted by molar-refractivity contribution is 5.90. The van der Waals surface area contributed by atoms with E-state index in [4.69, 9.17) is 0 Å². The molecule has 0 bridgehead atoms. The van der Waals surface area contributed by atoms with E-state index in [-0.39, 0.29) is 16.5 Å². The Kier molecular flexibility index (Phi) is 2.03. The van der Waals surface area contributed by atoms with E-state index in [9.17, 15) is 18.9 Å². The average molecular weight is 210 g/mol. The molecule has 0 aliphatic heterocycles. The molecule has 0 fully saturated rings. The maximum absolute atomic E-state index is 13.1. The summed E-state index contributed by atoms with van der Waals surface area (Å²) in [7, 11) is 0. The Morgan fingerprint density at radius 3 is 2.67 bits per heavy atom. The van der Waals surface area contributed by atoms with Gasteiger partial charge in [0.15, 0.2) is 0 Å². The minimum absolute atomic E-state index is 0.0643. The molecule has 0 aliphatic rings. The summed E-state index contributed by atoms with van der Waals surface area (Å²) in [5.74, 6) is -2.12. The van der Waals surface area contributed by atoms with E-state index in [1.54, 1.807) is 0 Å². The van der Waals surface area contributed by atoms with Crippen LogP contribution < -0.4 is 0 Å². The van der Waals surface area contributed by atoms with E-state index < -0.39 is 16.8 Å². The van der Waals surface area contributed by atoms with Gasteiger partial charge in [0.1, 0.15) is 0 Å². The van der Waals surface area contributed by atoms with Gasteiger partial charge in [0.2, 0.25) is 11.9 Å². The van der Waals surface area contributed by atoms with Crippen molar-refractivity contribution in [3.8, 4) is 0 Å². The first-order valence-electron chi connectivity index (χ1n) is 3.99. The summed E-state index contributed by atoms with van der Waals surface area (Å²) in [5, 5.41) is 10.4. The van der Waals surface area contributed by atoms with Crippen molar-refractivity contribution >= 4 is 16.5 Å². The fraction of sp³-hybridized carbons (Fsp3) is 0. The van der Waals surface area contributed by atoms with E-state index in [1.807, 2.05) is 0 Å². The Bertz CT molecular complexity index is 557. The average Bonchev–Trinajstić information content (AvgIpc) is 2.16. The lowest BCUT2D eigenvalue weighted by Gasteiger charge is -1.99. The first-order chi connectivity index (χ1) is 7.09. The highest BCUT2D eigenvalue weighted by Crippen LogP contribution is 2.26. The Hall–Kier alpha value is -2.11. The van der Waals surface area contributed by atoms with Crippen LogP contribution in [0.2, 0.25) is 0 Å². The summed E-state index contributed by atoms with van der Waals surface area (Å²) in [6.07, 6.45) is 0. The number of benzene rings is 1. The Morgan fingerprint density at radius 2 is 2.00 bits per heavy atom. The van der Waals surface area contributed by atoms with Crippen LogP contribution in [0, 0.1) is 22.0 Å². The highest BCUT2D eigenvalue weighted by atomic mass is 19.1. The van der Waals surface area contributed by atoms with Gasteiger partial charge in [-0.25, -0.2) is 0 Å². The normalized spacial score (nSPS) is 10.5. The monoisotopic (exact) mass is 210 g/mol. The predicted molar refractivity (Wildman–Crippen MR) is 48.3 cm³/mol. The second kappa shape index (κ2) is 3.23. The smallest absolute Gasteiger partial charge is 0.258 e. The number of fused-ring (bicyclic) bond motifs is 1. The van der Waals surface area contributed by atoms with Gasteiger partial charge in [0.25, 0.3) is 5.69 Å². The van der Waals surface area contributed by atoms with Crippen molar-refractivity contribution < 1.29 is 13.7 Å². The van der Waals surface area contributed by atoms with Gasteiger partial charge < -0.3 is 0 Å². The fourth-order valence-corrected chi connectivity index (χ4v) is 1.35. The first kappa shape index (κ1) is 9.45. The molecule has 0 spiro atoms. The van der Waals surface area contributed by atoms with Crippen LogP contribution in [0.4, 0.5) is 14.5 Å². The number of pyridine rings is 1. The molecule has 4 nitrogen and oxygen atoms in total. The van der Waals surface area contributed by atoms with Crippen molar-refractivity contribution in [2.45, 2.75) is 0 Å². The topological polar surface area (TPSA) is 56.0 Å². The third kappa shape index (κ3) is 1.50. The Labute approximate surface area is 82.3 Å². The van der Waals surface area contributed by atoms with Gasteiger partial charge in [-0.1, -0.05) is 6.07 Å². The number of non-ortho nitro benzene ring substituents is 1. The van der Waals surface area contributed by atoms with Crippen molar-refractivity contribution in [3.05, 3.63) is 46.3 Å². The standard InChI is InChI=1S/C9H4F2N2O2/c10-8-4-6-5(9(11)12-8)2-1-3-7(6)13(14)15/h1-4H. The zero-order valence-electron chi connectivity index (χ0n) is 7.28. The molecule has 0 N–H and O–H groups in total. The maximum Gasteiger partial charge on any atom is 0.277 e. The number of aromatic nitrogens is 1. The lowest BCUT2D eigenvalue weighted by atomic mass is 10.1. The Morgan fingerprint density at radius 1 is 1.27 bits per heavy atom. The second-order valence-corrected chi connectivity index (χ2v) is 2.87. The number of nitro groups is 1. The van der Waals surface area contributed by atoms with Crippen LogP contribution in [0.3, 0.4) is 0 Å². The minimum atomic E-state index is -1.07. The van der Waals surface area contributed by atoms with E-state index in [2.05, 4.69) is 4.98 Å². The number of nitrogens with zero attached hydrogens (tertiary/aromatic N) is 2. The molecule has 15 heavy (non-hydrogen) atoms. The Balaban J connectivity index is 2.91. The highest BCUT2D eigenvalue weighted by Gasteiger charge is 2.15. The zero-order chi connectivity index (χ0) is 11.0. The van der Waals surface area contributed by atoms with E-state index in [1.165, 1.54) is 18.2 Å². The van der Waals surface area contributed by atoms with Crippen LogP contribution in [0.1, 0.15) is 0 Å². The zero-order valence-corrected chi connectivity index (χ0v) is 7.28. The van der Waals surface area contributed by atoms with E-state index >= 15 is 0 Å². The van der Waals surface area contributed by atoms with E-state index in [0.717, 1.165) is 6.07 Å². The summed E-state index contributed by atoms with van der Waals surface area (Å²) < 4.78 is 25.9. The third-order valence-electron chi connectivity index (χ3n) is 1.97. The van der Waals surface area contributed by atoms with Crippen LogP contribution in [0.5, 0.6) is 0 Å². The summed E-state index contributed by atoms with van der Waals surface area (Å²) in [6, 6.07) is 4.66. The molecule has 2 rings (SSSR count). The number of nitro benzene ring substituents is 1. The molecule has 76 valence electrons. The molecule has 0 amide bonds. The molecule has 2 aromatic rings. The third-order valence-corrected chi connectivity index (χ3v) is 1.97. The largest absolute Gasteiger partial charge is 0.277 e. The van der Waals surface area contributed by atoms with Gasteiger partial charge in [0.05, 0.1) is 10.3 Å². The molecule has 0 saturated carbocycles. The lowest BCUT2D eigenvalue weighted by Crippen LogP contribution is -1.94. The van der Waals surface area contributed by atoms with Crippen molar-refractivity contribution in [2.75, 3.05) is 0 Å². The number of hydrogen-bond acceptors (Lipinski definition) is 3. The maximum atomic E-state index is 13.1. The predicted octanol–water partition coefficient (Wildman–Crippen LogP) is 2.42. The molecule has 6 heteroatoms. The van der Waals surface area contributed by atoms with Gasteiger partial charge in [0, 0.05) is 17.5 Å². The van der Waals surface area contributed by atoms with Crippen LogP contribution >= 0.6 is 0 Å². The van der Waals surface area contributed by atoms with Gasteiger partial charge in [-0.2, -0.15) is 13.8 Å². The van der Waals surface area contributed by atoms with Crippen molar-refractivity contribution in [3.63, 3.8) is 0 Å².